The lowest BCUT2D eigenvalue weighted by Crippen LogP contribution is -2.37. The molecule has 1 aromatic carbocycles. The van der Waals surface area contributed by atoms with Gasteiger partial charge in [0, 0.05) is 42.7 Å². The van der Waals surface area contributed by atoms with Gasteiger partial charge >= 0.3 is 5.97 Å². The lowest BCUT2D eigenvalue weighted by atomic mass is 9.65. The van der Waals surface area contributed by atoms with Crippen LogP contribution in [0.1, 0.15) is 82.3 Å². The molecule has 0 N–H and O–H groups in total. The van der Waals surface area contributed by atoms with E-state index < -0.39 is 11.9 Å². The average Bonchev–Trinajstić information content (AvgIpc) is 3.15. The Morgan fingerprint density at radius 2 is 1.59 bits per heavy atom. The number of nitrogens with zero attached hydrogens (tertiary/aromatic N) is 1. The van der Waals surface area contributed by atoms with Crippen molar-refractivity contribution in [2.24, 2.45) is 10.8 Å². The average molecular weight is 591 g/mol. The molecular formula is C29H29Cl2NO6S. The van der Waals surface area contributed by atoms with Gasteiger partial charge in [0.05, 0.1) is 6.61 Å². The number of allylic oxidation sites excluding steroid dienone is 4. The van der Waals surface area contributed by atoms with Crippen LogP contribution in [0, 0.1) is 10.8 Å². The van der Waals surface area contributed by atoms with Crippen LogP contribution in [0.25, 0.3) is 0 Å². The molecule has 3 aliphatic rings. The molecule has 0 amide bonds. The zero-order valence-corrected chi connectivity index (χ0v) is 24.7. The van der Waals surface area contributed by atoms with Gasteiger partial charge in [-0.05, 0) is 47.0 Å². The number of rotatable bonds is 5. The van der Waals surface area contributed by atoms with Crippen molar-refractivity contribution in [3.05, 3.63) is 61.5 Å². The van der Waals surface area contributed by atoms with E-state index in [1.807, 2.05) is 34.6 Å². The van der Waals surface area contributed by atoms with Crippen LogP contribution in [0.5, 0.6) is 11.5 Å². The quantitative estimate of drug-likeness (QED) is 0.264. The Bertz CT molecular complexity index is 1420. The summed E-state index contributed by atoms with van der Waals surface area (Å²) in [6, 6.07) is 5.09. The first-order chi connectivity index (χ1) is 18.3. The minimum Gasteiger partial charge on any atom is -0.490 e. The second-order valence-corrected chi connectivity index (χ2v) is 13.5. The molecule has 0 unspecified atom stereocenters. The number of ether oxygens (including phenoxy) is 3. The molecule has 7 nitrogen and oxygen atoms in total. The highest BCUT2D eigenvalue weighted by atomic mass is 35.5. The van der Waals surface area contributed by atoms with Crippen LogP contribution in [0.4, 0.5) is 0 Å². The molecule has 2 heterocycles. The van der Waals surface area contributed by atoms with Crippen molar-refractivity contribution in [3.8, 4) is 11.5 Å². The van der Waals surface area contributed by atoms with E-state index in [-0.39, 0.29) is 43.2 Å². The fraction of sp³-hybridized carbons (Fsp3) is 0.448. The molecule has 0 spiro atoms. The van der Waals surface area contributed by atoms with Crippen molar-refractivity contribution < 1.29 is 28.6 Å². The summed E-state index contributed by atoms with van der Waals surface area (Å²) in [6.45, 7) is 10.3. The van der Waals surface area contributed by atoms with E-state index in [9.17, 15) is 14.4 Å². The third-order valence-corrected chi connectivity index (χ3v) is 8.79. The minimum absolute atomic E-state index is 0.0276. The Morgan fingerprint density at radius 1 is 1.00 bits per heavy atom. The predicted octanol–water partition coefficient (Wildman–Crippen LogP) is 7.47. The summed E-state index contributed by atoms with van der Waals surface area (Å²) in [4.78, 5) is 39.9. The summed E-state index contributed by atoms with van der Waals surface area (Å²) in [6.07, 6.45) is 1.92. The molecule has 5 rings (SSSR count). The Balaban J connectivity index is 1.60. The van der Waals surface area contributed by atoms with Gasteiger partial charge in [0.25, 0.3) is 0 Å². The summed E-state index contributed by atoms with van der Waals surface area (Å²) in [5, 5.41) is 0.0276. The normalized spacial score (nSPS) is 20.4. The lowest BCUT2D eigenvalue weighted by molar-refractivity contribution is -0.120. The molecule has 10 heteroatoms. The van der Waals surface area contributed by atoms with Crippen molar-refractivity contribution in [1.29, 1.82) is 0 Å². The van der Waals surface area contributed by atoms with Crippen molar-refractivity contribution >= 4 is 52.3 Å². The number of ketones is 2. The highest BCUT2D eigenvalue weighted by molar-refractivity contribution is 7.11. The van der Waals surface area contributed by atoms with Crippen LogP contribution in [-0.4, -0.2) is 28.5 Å². The molecule has 0 bridgehead atoms. The first kappa shape index (κ1) is 27.9. The van der Waals surface area contributed by atoms with Crippen molar-refractivity contribution in [1.82, 2.24) is 4.37 Å². The Hall–Kier alpha value is -2.68. The number of carbonyl (C=O) groups excluding carboxylic acids is 3. The van der Waals surface area contributed by atoms with Crippen LogP contribution in [0.2, 0.25) is 9.36 Å². The standard InChI is InChI=1S/C29H29Cl2NO6S/c1-6-36-18-9-14(7-8-17(18)38-27(35)25-24(30)26(31)39-32-25)21-22-15(33)10-28(2,3)12-19(22)37-20-13-29(4,5)11-16(34)23(20)21/h7-9,21H,6,10-13H2,1-5H3. The summed E-state index contributed by atoms with van der Waals surface area (Å²) in [5.41, 5.74) is 1.16. The molecule has 0 saturated heterocycles. The van der Waals surface area contributed by atoms with Crippen LogP contribution < -0.4 is 9.47 Å². The fourth-order valence-electron chi connectivity index (χ4n) is 5.60. The van der Waals surface area contributed by atoms with E-state index in [2.05, 4.69) is 4.37 Å². The van der Waals surface area contributed by atoms with Gasteiger partial charge in [-0.3, -0.25) is 9.59 Å². The number of halogens is 2. The van der Waals surface area contributed by atoms with Gasteiger partial charge in [-0.1, -0.05) is 57.0 Å². The molecule has 1 aromatic heterocycles. The second-order valence-electron chi connectivity index (χ2n) is 11.7. The molecule has 0 atom stereocenters. The molecule has 2 aromatic rings. The molecule has 206 valence electrons. The van der Waals surface area contributed by atoms with Crippen LogP contribution >= 0.6 is 34.7 Å². The zero-order valence-electron chi connectivity index (χ0n) is 22.4. The second kappa shape index (κ2) is 10.1. The van der Waals surface area contributed by atoms with Gasteiger partial charge in [-0.25, -0.2) is 4.79 Å². The molecule has 0 fully saturated rings. The number of hydrogen-bond acceptors (Lipinski definition) is 8. The number of Topliss-reactive ketones (excluding diaryl/α,β-unsaturated/α-hetero) is 2. The number of carbonyl (C=O) groups is 3. The van der Waals surface area contributed by atoms with Crippen molar-refractivity contribution in [2.45, 2.75) is 66.2 Å². The maximum atomic E-state index is 13.5. The third kappa shape index (κ3) is 5.26. The van der Waals surface area contributed by atoms with Gasteiger partial charge < -0.3 is 14.2 Å². The highest BCUT2D eigenvalue weighted by Gasteiger charge is 2.48. The van der Waals surface area contributed by atoms with Gasteiger partial charge in [0.15, 0.2) is 28.8 Å². The monoisotopic (exact) mass is 589 g/mol. The number of esters is 1. The molecule has 1 aliphatic heterocycles. The first-order valence-electron chi connectivity index (χ1n) is 12.8. The SMILES string of the molecule is CCOc1cc(C2C3=C(CC(C)(C)CC3=O)OC3=C2C(=O)CC(C)(C)C3)ccc1OC(=O)c1nsc(Cl)c1Cl. The van der Waals surface area contributed by atoms with Crippen LogP contribution in [-0.2, 0) is 14.3 Å². The van der Waals surface area contributed by atoms with E-state index in [0.29, 0.717) is 66.3 Å². The number of benzene rings is 1. The van der Waals surface area contributed by atoms with Gasteiger partial charge in [-0.2, -0.15) is 4.37 Å². The summed E-state index contributed by atoms with van der Waals surface area (Å²) in [7, 11) is 0. The van der Waals surface area contributed by atoms with Gasteiger partial charge in [0.2, 0.25) is 0 Å². The Labute approximate surface area is 241 Å². The first-order valence-corrected chi connectivity index (χ1v) is 14.3. The van der Waals surface area contributed by atoms with Crippen molar-refractivity contribution in [2.75, 3.05) is 6.61 Å². The van der Waals surface area contributed by atoms with Gasteiger partial charge in [0.1, 0.15) is 20.9 Å². The topological polar surface area (TPSA) is 91.8 Å². The lowest BCUT2D eigenvalue weighted by Gasteiger charge is -2.42. The molecular weight excluding hydrogens is 561 g/mol. The van der Waals surface area contributed by atoms with E-state index in [1.54, 1.807) is 18.2 Å². The van der Waals surface area contributed by atoms with E-state index in [1.165, 1.54) is 0 Å². The number of hydrogen-bond donors (Lipinski definition) is 0. The van der Waals surface area contributed by atoms with E-state index in [4.69, 9.17) is 37.4 Å². The summed E-state index contributed by atoms with van der Waals surface area (Å²) in [5.74, 6) is 0.303. The molecule has 39 heavy (non-hydrogen) atoms. The summed E-state index contributed by atoms with van der Waals surface area (Å²) >= 11 is 12.9. The molecule has 2 aliphatic carbocycles. The highest BCUT2D eigenvalue weighted by Crippen LogP contribution is 2.53. The Morgan fingerprint density at radius 3 is 2.10 bits per heavy atom. The summed E-state index contributed by atoms with van der Waals surface area (Å²) < 4.78 is 22.0. The van der Waals surface area contributed by atoms with Crippen molar-refractivity contribution in [3.63, 3.8) is 0 Å². The van der Waals surface area contributed by atoms with E-state index in [0.717, 1.165) is 11.5 Å². The third-order valence-electron chi connectivity index (χ3n) is 7.18. The van der Waals surface area contributed by atoms with Gasteiger partial charge in [-0.15, -0.1) is 0 Å². The van der Waals surface area contributed by atoms with Crippen LogP contribution in [0.15, 0.2) is 40.9 Å². The molecule has 0 saturated carbocycles. The van der Waals surface area contributed by atoms with E-state index >= 15 is 0 Å². The predicted molar refractivity (Wildman–Crippen MR) is 149 cm³/mol. The minimum atomic E-state index is -0.771. The Kier molecular flexibility index (Phi) is 7.19. The fourth-order valence-corrected chi connectivity index (χ4v) is 6.58. The van der Waals surface area contributed by atoms with Crippen LogP contribution in [0.3, 0.4) is 0 Å². The molecule has 0 radical (unpaired) electrons. The zero-order chi connectivity index (χ0) is 28.3. The maximum Gasteiger partial charge on any atom is 0.365 e. The smallest absolute Gasteiger partial charge is 0.365 e. The largest absolute Gasteiger partial charge is 0.490 e. The maximum absolute atomic E-state index is 13.5. The number of aromatic nitrogens is 1.